The van der Waals surface area contributed by atoms with Crippen molar-refractivity contribution in [3.8, 4) is 0 Å². The molecule has 2 fully saturated rings. The van der Waals surface area contributed by atoms with Crippen LogP contribution in [0.3, 0.4) is 0 Å². The highest BCUT2D eigenvalue weighted by atomic mass is 16.6. The van der Waals surface area contributed by atoms with Crippen LogP contribution in [0.2, 0.25) is 0 Å². The number of benzene rings is 1. The molecule has 0 spiro atoms. The van der Waals surface area contributed by atoms with E-state index in [1.165, 1.54) is 6.08 Å². The van der Waals surface area contributed by atoms with Gasteiger partial charge in [0, 0.05) is 6.54 Å². The number of carbonyl (C=O) groups is 3. The van der Waals surface area contributed by atoms with Crippen molar-refractivity contribution >= 4 is 17.8 Å². The zero-order chi connectivity index (χ0) is 21.7. The van der Waals surface area contributed by atoms with Gasteiger partial charge in [-0.15, -0.1) is 0 Å². The minimum Gasteiger partial charge on any atom is -0.460 e. The molecular weight excluding hydrogens is 384 g/mol. The highest BCUT2D eigenvalue weighted by Crippen LogP contribution is 2.38. The molecule has 30 heavy (non-hydrogen) atoms. The Morgan fingerprint density at radius 2 is 2.03 bits per heavy atom. The van der Waals surface area contributed by atoms with E-state index in [-0.39, 0.29) is 30.4 Å². The lowest BCUT2D eigenvalue weighted by molar-refractivity contribution is -0.153. The van der Waals surface area contributed by atoms with Crippen molar-refractivity contribution in [2.45, 2.75) is 57.4 Å². The van der Waals surface area contributed by atoms with E-state index in [0.29, 0.717) is 19.4 Å². The largest absolute Gasteiger partial charge is 0.460 e. The number of carbonyl (C=O) groups excluding carboxylic acids is 3. The average Bonchev–Trinajstić information content (AvgIpc) is 3.39. The summed E-state index contributed by atoms with van der Waals surface area (Å²) >= 11 is 0. The third-order valence-electron chi connectivity index (χ3n) is 5.35. The molecule has 0 bridgehead atoms. The van der Waals surface area contributed by atoms with Gasteiger partial charge >= 0.3 is 5.97 Å². The second kappa shape index (κ2) is 9.89. The van der Waals surface area contributed by atoms with E-state index in [4.69, 9.17) is 9.47 Å². The van der Waals surface area contributed by atoms with Crippen molar-refractivity contribution in [2.24, 2.45) is 5.92 Å². The molecule has 1 aromatic carbocycles. The number of epoxide rings is 1. The quantitative estimate of drug-likeness (QED) is 0.381. The van der Waals surface area contributed by atoms with Crippen LogP contribution in [-0.2, 0) is 23.9 Å². The Labute approximate surface area is 177 Å². The predicted molar refractivity (Wildman–Crippen MR) is 111 cm³/mol. The molecule has 162 valence electrons. The molecule has 0 unspecified atom stereocenters. The van der Waals surface area contributed by atoms with Crippen LogP contribution >= 0.6 is 0 Å². The van der Waals surface area contributed by atoms with Crippen molar-refractivity contribution in [3.63, 3.8) is 0 Å². The third-order valence-corrected chi connectivity index (χ3v) is 5.35. The molecule has 2 heterocycles. The van der Waals surface area contributed by atoms with E-state index in [2.05, 4.69) is 11.9 Å². The summed E-state index contributed by atoms with van der Waals surface area (Å²) in [5.74, 6) is -0.775. The number of esters is 1. The van der Waals surface area contributed by atoms with Gasteiger partial charge in [0.05, 0.1) is 0 Å². The van der Waals surface area contributed by atoms with Gasteiger partial charge in [0.1, 0.15) is 24.8 Å². The van der Waals surface area contributed by atoms with Crippen LogP contribution in [0.4, 0.5) is 0 Å². The molecular formula is C23H30N2O5. The number of nitrogens with zero attached hydrogens (tertiary/aromatic N) is 1. The van der Waals surface area contributed by atoms with E-state index in [0.717, 1.165) is 12.0 Å². The van der Waals surface area contributed by atoms with Gasteiger partial charge in [-0.3, -0.25) is 9.59 Å². The summed E-state index contributed by atoms with van der Waals surface area (Å²) in [5.41, 5.74) is 0.939. The van der Waals surface area contributed by atoms with Crippen LogP contribution in [0.5, 0.6) is 0 Å². The smallest absolute Gasteiger partial charge is 0.329 e. The van der Waals surface area contributed by atoms with Gasteiger partial charge < -0.3 is 19.7 Å². The second-order valence-electron chi connectivity index (χ2n) is 8.19. The van der Waals surface area contributed by atoms with Crippen LogP contribution in [-0.4, -0.2) is 54.0 Å². The molecule has 7 heteroatoms. The first-order chi connectivity index (χ1) is 14.4. The Morgan fingerprint density at radius 1 is 1.30 bits per heavy atom. The van der Waals surface area contributed by atoms with Crippen LogP contribution < -0.4 is 5.32 Å². The van der Waals surface area contributed by atoms with Gasteiger partial charge in [-0.1, -0.05) is 56.8 Å². The van der Waals surface area contributed by atoms with Crippen molar-refractivity contribution in [3.05, 3.63) is 48.6 Å². The van der Waals surface area contributed by atoms with Crippen LogP contribution in [0.15, 0.2) is 43.0 Å². The highest BCUT2D eigenvalue weighted by Gasteiger charge is 2.47. The lowest BCUT2D eigenvalue weighted by Crippen LogP contribution is -2.53. The van der Waals surface area contributed by atoms with Crippen LogP contribution in [0, 0.1) is 5.92 Å². The first kappa shape index (κ1) is 22.0. The normalized spacial score (nSPS) is 23.7. The van der Waals surface area contributed by atoms with Gasteiger partial charge in [-0.25, -0.2) is 4.79 Å². The van der Waals surface area contributed by atoms with Gasteiger partial charge in [-0.2, -0.15) is 0 Å². The van der Waals surface area contributed by atoms with Gasteiger partial charge in [0.15, 0.2) is 6.10 Å². The number of hydrogen-bond donors (Lipinski definition) is 1. The van der Waals surface area contributed by atoms with E-state index >= 15 is 0 Å². The first-order valence-electron chi connectivity index (χ1n) is 10.5. The fraction of sp³-hybridized carbons (Fsp3) is 0.522. The fourth-order valence-corrected chi connectivity index (χ4v) is 3.87. The molecule has 0 aromatic heterocycles. The zero-order valence-electron chi connectivity index (χ0n) is 17.6. The minimum absolute atomic E-state index is 0.114. The lowest BCUT2D eigenvalue weighted by Gasteiger charge is -2.29. The fourth-order valence-electron chi connectivity index (χ4n) is 3.87. The molecule has 2 aliphatic heterocycles. The van der Waals surface area contributed by atoms with Crippen molar-refractivity contribution < 1.29 is 23.9 Å². The summed E-state index contributed by atoms with van der Waals surface area (Å²) in [6.45, 7) is 8.12. The molecule has 2 saturated heterocycles. The molecule has 0 aliphatic carbocycles. The number of hydrogen-bond acceptors (Lipinski definition) is 5. The average molecular weight is 415 g/mol. The second-order valence-corrected chi connectivity index (χ2v) is 8.19. The Balaban J connectivity index is 1.65. The molecule has 2 amide bonds. The maximum absolute atomic E-state index is 13.2. The monoisotopic (exact) mass is 414 g/mol. The number of nitrogens with one attached hydrogen (secondary N) is 1. The van der Waals surface area contributed by atoms with Crippen molar-refractivity contribution in [1.29, 1.82) is 0 Å². The summed E-state index contributed by atoms with van der Waals surface area (Å²) < 4.78 is 10.7. The third kappa shape index (κ3) is 5.27. The number of amides is 2. The number of rotatable bonds is 9. The SMILES string of the molecule is C=CCOC(=O)[C@@H]1CCCN1C(=O)[C@H](CC(C)C)NC(=O)[C@H]1O[C@H]1c1ccccc1. The van der Waals surface area contributed by atoms with E-state index in [1.807, 2.05) is 44.2 Å². The van der Waals surface area contributed by atoms with Crippen molar-refractivity contribution in [1.82, 2.24) is 10.2 Å². The Hall–Kier alpha value is -2.67. The molecule has 0 saturated carbocycles. The summed E-state index contributed by atoms with van der Waals surface area (Å²) in [6.07, 6.45) is 2.39. The summed E-state index contributed by atoms with van der Waals surface area (Å²) in [4.78, 5) is 39.9. The van der Waals surface area contributed by atoms with Crippen LogP contribution in [0.1, 0.15) is 44.8 Å². The van der Waals surface area contributed by atoms with Crippen molar-refractivity contribution in [2.75, 3.05) is 13.2 Å². The van der Waals surface area contributed by atoms with Gasteiger partial charge in [-0.05, 0) is 30.7 Å². The Bertz CT molecular complexity index is 779. The predicted octanol–water partition coefficient (Wildman–Crippen LogP) is 2.38. The maximum Gasteiger partial charge on any atom is 0.329 e. The molecule has 4 atom stereocenters. The minimum atomic E-state index is -0.703. The topological polar surface area (TPSA) is 88.2 Å². The number of likely N-dealkylation sites (tertiary alicyclic amines) is 1. The van der Waals surface area contributed by atoms with E-state index in [9.17, 15) is 14.4 Å². The number of ether oxygens (including phenoxy) is 2. The molecule has 2 aliphatic rings. The standard InChI is InChI=1S/C23H30N2O5/c1-4-13-29-23(28)18-11-8-12-25(18)22(27)17(14-15(2)3)24-21(26)20-19(30-20)16-9-6-5-7-10-16/h4-7,9-10,15,17-20H,1,8,11-14H2,2-3H3,(H,24,26)/t17-,18-,19-,20-/m0/s1. The Morgan fingerprint density at radius 3 is 2.70 bits per heavy atom. The maximum atomic E-state index is 13.2. The molecule has 7 nitrogen and oxygen atoms in total. The first-order valence-corrected chi connectivity index (χ1v) is 10.5. The molecule has 1 N–H and O–H groups in total. The summed E-state index contributed by atoms with van der Waals surface area (Å²) in [7, 11) is 0. The highest BCUT2D eigenvalue weighted by molar-refractivity contribution is 5.93. The van der Waals surface area contributed by atoms with Crippen LogP contribution in [0.25, 0.3) is 0 Å². The zero-order valence-corrected chi connectivity index (χ0v) is 17.6. The lowest BCUT2D eigenvalue weighted by atomic mass is 10.0. The summed E-state index contributed by atoms with van der Waals surface area (Å²) in [5, 5.41) is 2.87. The van der Waals surface area contributed by atoms with E-state index in [1.54, 1.807) is 4.90 Å². The van der Waals surface area contributed by atoms with E-state index < -0.39 is 24.2 Å². The molecule has 0 radical (unpaired) electrons. The summed E-state index contributed by atoms with van der Waals surface area (Å²) in [6, 6.07) is 8.22. The molecule has 3 rings (SSSR count). The Kier molecular flexibility index (Phi) is 7.26. The van der Waals surface area contributed by atoms with Gasteiger partial charge in [0.25, 0.3) is 5.91 Å². The molecule has 1 aromatic rings. The van der Waals surface area contributed by atoms with Gasteiger partial charge in [0.2, 0.25) is 5.91 Å².